The van der Waals surface area contributed by atoms with Crippen molar-refractivity contribution in [2.45, 2.75) is 63.1 Å². The largest absolute Gasteiger partial charge is 0.462 e. The zero-order valence-corrected chi connectivity index (χ0v) is 20.6. The maximum Gasteiger partial charge on any atom is 0.459 e. The summed E-state index contributed by atoms with van der Waals surface area (Å²) in [6.07, 6.45) is -0.828. The van der Waals surface area contributed by atoms with E-state index in [2.05, 4.69) is 20.0 Å². The number of benzene rings is 1. The molecule has 13 nitrogen and oxygen atoms in total. The van der Waals surface area contributed by atoms with Gasteiger partial charge in [-0.3, -0.25) is 13.9 Å². The second kappa shape index (κ2) is 9.18. The Morgan fingerprint density at radius 3 is 2.67 bits per heavy atom. The molecule has 1 saturated heterocycles. The molecule has 1 aliphatic heterocycles. The first-order valence-electron chi connectivity index (χ1n) is 11.3. The van der Waals surface area contributed by atoms with Crippen LogP contribution in [0.1, 0.15) is 27.0 Å². The third-order valence-electron chi connectivity index (χ3n) is 5.90. The van der Waals surface area contributed by atoms with E-state index in [-0.39, 0.29) is 11.9 Å². The lowest BCUT2D eigenvalue weighted by atomic mass is 10.1. The summed E-state index contributed by atoms with van der Waals surface area (Å²) in [6.45, 7) is 4.82. The fourth-order valence-electron chi connectivity index (χ4n) is 4.10. The lowest BCUT2D eigenvalue weighted by molar-refractivity contribution is -0.149. The second-order valence-electron chi connectivity index (χ2n) is 8.93. The molecule has 3 aromatic rings. The Balaban J connectivity index is 1.34. The lowest BCUT2D eigenvalue weighted by Gasteiger charge is -2.27. The van der Waals surface area contributed by atoms with Crippen molar-refractivity contribution in [3.63, 3.8) is 0 Å². The number of hydrogen-bond donors (Lipinski definition) is 3. The minimum atomic E-state index is -4.27. The number of imidazole rings is 1. The fraction of sp³-hybridized carbons (Fsp3) is 0.455. The molecule has 5 rings (SSSR count). The van der Waals surface area contributed by atoms with Gasteiger partial charge in [0, 0.05) is 0 Å². The van der Waals surface area contributed by atoms with E-state index >= 15 is 0 Å². The van der Waals surface area contributed by atoms with Crippen LogP contribution in [0, 0.1) is 0 Å². The summed E-state index contributed by atoms with van der Waals surface area (Å²) < 4.78 is 37.6. The summed E-state index contributed by atoms with van der Waals surface area (Å²) in [5.41, 5.74) is -0.984. The number of rotatable bonds is 9. The summed E-state index contributed by atoms with van der Waals surface area (Å²) in [5, 5.41) is 24.7. The number of carbonyl (C=O) groups is 1. The molecule has 0 amide bonds. The maximum absolute atomic E-state index is 13.8. The van der Waals surface area contributed by atoms with Crippen LogP contribution >= 0.6 is 7.75 Å². The Hall–Kier alpha value is -2.93. The summed E-state index contributed by atoms with van der Waals surface area (Å²) in [7, 11) is -4.27. The van der Waals surface area contributed by atoms with Crippen molar-refractivity contribution in [1.82, 2.24) is 24.6 Å². The zero-order chi connectivity index (χ0) is 25.7. The molecule has 1 saturated carbocycles. The zero-order valence-electron chi connectivity index (χ0n) is 19.7. The van der Waals surface area contributed by atoms with Gasteiger partial charge in [-0.2, -0.15) is 5.09 Å². The van der Waals surface area contributed by atoms with Crippen molar-refractivity contribution in [2.24, 2.45) is 0 Å². The topological polar surface area (TPSA) is 167 Å². The van der Waals surface area contributed by atoms with Crippen LogP contribution in [0.25, 0.3) is 11.2 Å². The highest BCUT2D eigenvalue weighted by Gasteiger charge is 2.79. The number of aliphatic hydroxyl groups is 2. The molecule has 1 unspecified atom stereocenters. The van der Waals surface area contributed by atoms with Crippen molar-refractivity contribution < 1.29 is 38.1 Å². The third kappa shape index (κ3) is 4.38. The van der Waals surface area contributed by atoms with Crippen LogP contribution in [0.15, 0.2) is 49.2 Å². The molecule has 0 radical (unpaired) electrons. The number of nitrogens with one attached hydrogen (secondary N) is 1. The van der Waals surface area contributed by atoms with E-state index in [4.69, 9.17) is 18.5 Å². The van der Waals surface area contributed by atoms with E-state index < -0.39 is 49.9 Å². The molecular weight excluding hydrogens is 493 g/mol. The van der Waals surface area contributed by atoms with Gasteiger partial charge in [0.1, 0.15) is 41.9 Å². The van der Waals surface area contributed by atoms with Gasteiger partial charge in [0.2, 0.25) is 0 Å². The quantitative estimate of drug-likeness (QED) is 0.274. The standard InChI is InChI=1S/C22H26N5O8P/c1-12(2)32-21(29)13(3)26-36(31,34-14-7-5-4-6-8-14)35-18-17-22(18,30)16(28)20(33-17)27-11-25-15-9-23-10-24-19(15)27/h4-13,16-18,20,28,30H,1-3H3,(H,26,31)/t13-,16-,17-,18+,20-,22+,36?/m1/s1. The lowest BCUT2D eigenvalue weighted by Crippen LogP contribution is -2.39. The first kappa shape index (κ1) is 24.8. The molecule has 2 aromatic heterocycles. The summed E-state index contributed by atoms with van der Waals surface area (Å²) >= 11 is 0. The van der Waals surface area contributed by atoms with Gasteiger partial charge in [0.15, 0.2) is 17.5 Å². The molecule has 3 heterocycles. The first-order chi connectivity index (χ1) is 17.1. The van der Waals surface area contributed by atoms with Crippen molar-refractivity contribution in [2.75, 3.05) is 0 Å². The van der Waals surface area contributed by atoms with Crippen LogP contribution in [0.5, 0.6) is 5.75 Å². The smallest absolute Gasteiger partial charge is 0.459 e. The van der Waals surface area contributed by atoms with Gasteiger partial charge in [0.25, 0.3) is 0 Å². The number of esters is 1. The number of fused-ring (bicyclic) bond motifs is 2. The highest BCUT2D eigenvalue weighted by Crippen LogP contribution is 2.61. The number of hydrogen-bond acceptors (Lipinski definition) is 11. The Kier molecular flexibility index (Phi) is 6.31. The SMILES string of the molecule is CC(C)OC(=O)[C@@H](C)NP(=O)(Oc1ccccc1)O[C@H]1[C@H]2O[C@@H](n3cnc4cncnc43)[C@@H](O)[C@]21O. The van der Waals surface area contributed by atoms with Crippen molar-refractivity contribution in [1.29, 1.82) is 0 Å². The van der Waals surface area contributed by atoms with Crippen LogP contribution in [0.3, 0.4) is 0 Å². The first-order valence-corrected chi connectivity index (χ1v) is 12.9. The number of para-hydroxylation sites is 1. The van der Waals surface area contributed by atoms with Crippen molar-refractivity contribution >= 4 is 24.9 Å². The van der Waals surface area contributed by atoms with E-state index in [1.807, 2.05) is 0 Å². The van der Waals surface area contributed by atoms with Gasteiger partial charge in [-0.05, 0) is 32.9 Å². The highest BCUT2D eigenvalue weighted by molar-refractivity contribution is 7.52. The molecular formula is C22H26N5O8P. The number of nitrogens with zero attached hydrogens (tertiary/aromatic N) is 4. The summed E-state index contributed by atoms with van der Waals surface area (Å²) in [5.74, 6) is -0.454. The number of aromatic nitrogens is 4. The monoisotopic (exact) mass is 519 g/mol. The fourth-order valence-corrected chi connectivity index (χ4v) is 5.82. The molecule has 2 fully saturated rings. The Labute approximate surface area is 206 Å². The van der Waals surface area contributed by atoms with E-state index in [0.717, 1.165) is 0 Å². The molecule has 36 heavy (non-hydrogen) atoms. The van der Waals surface area contributed by atoms with Crippen LogP contribution in [0.4, 0.5) is 0 Å². The van der Waals surface area contributed by atoms with Crippen LogP contribution in [0.2, 0.25) is 0 Å². The summed E-state index contributed by atoms with van der Waals surface area (Å²) in [6, 6.07) is 7.15. The maximum atomic E-state index is 13.8. The van der Waals surface area contributed by atoms with Gasteiger partial charge >= 0.3 is 13.7 Å². The second-order valence-corrected chi connectivity index (χ2v) is 10.6. The van der Waals surface area contributed by atoms with Gasteiger partial charge < -0.3 is 24.2 Å². The number of carbonyl (C=O) groups excluding carboxylic acids is 1. The van der Waals surface area contributed by atoms with Crippen molar-refractivity contribution in [3.05, 3.63) is 49.2 Å². The number of ether oxygens (including phenoxy) is 2. The summed E-state index contributed by atoms with van der Waals surface area (Å²) in [4.78, 5) is 24.5. The van der Waals surface area contributed by atoms with E-state index in [1.54, 1.807) is 44.2 Å². The molecule has 3 N–H and O–H groups in total. The molecule has 0 spiro atoms. The molecule has 14 heteroatoms. The van der Waals surface area contributed by atoms with Gasteiger partial charge in [-0.15, -0.1) is 0 Å². The van der Waals surface area contributed by atoms with E-state index in [9.17, 15) is 19.6 Å². The molecule has 192 valence electrons. The average molecular weight is 519 g/mol. The normalized spacial score (nSPS) is 29.5. The Morgan fingerprint density at radius 2 is 2.00 bits per heavy atom. The molecule has 1 aliphatic carbocycles. The van der Waals surface area contributed by atoms with E-state index in [1.165, 1.54) is 30.3 Å². The van der Waals surface area contributed by atoms with Crippen LogP contribution in [-0.2, 0) is 23.4 Å². The van der Waals surface area contributed by atoms with Crippen molar-refractivity contribution in [3.8, 4) is 5.75 Å². The Morgan fingerprint density at radius 1 is 1.25 bits per heavy atom. The predicted octanol–water partition coefficient (Wildman–Crippen LogP) is 1.33. The van der Waals surface area contributed by atoms with Crippen LogP contribution < -0.4 is 9.61 Å². The molecule has 7 atom stereocenters. The highest BCUT2D eigenvalue weighted by atomic mass is 31.2. The average Bonchev–Trinajstić information content (AvgIpc) is 3.11. The van der Waals surface area contributed by atoms with Gasteiger partial charge in [0.05, 0.1) is 18.6 Å². The predicted molar refractivity (Wildman–Crippen MR) is 124 cm³/mol. The minimum absolute atomic E-state index is 0.208. The van der Waals surface area contributed by atoms with Crippen LogP contribution in [-0.4, -0.2) is 71.8 Å². The minimum Gasteiger partial charge on any atom is -0.462 e. The van der Waals surface area contributed by atoms with E-state index in [0.29, 0.717) is 11.2 Å². The molecule has 1 aromatic carbocycles. The van der Waals surface area contributed by atoms with Gasteiger partial charge in [-0.1, -0.05) is 18.2 Å². The third-order valence-corrected chi connectivity index (χ3v) is 7.56. The van der Waals surface area contributed by atoms with Gasteiger partial charge in [-0.25, -0.2) is 19.5 Å². The molecule has 2 aliphatic rings. The Bertz CT molecular complexity index is 1310. The number of aliphatic hydroxyl groups excluding tert-OH is 1. The molecule has 0 bridgehead atoms.